The smallest absolute Gasteiger partial charge is 0.309 e. The predicted octanol–water partition coefficient (Wildman–Crippen LogP) is 4.25. The molecule has 0 saturated carbocycles. The Bertz CT molecular complexity index is 1500. The Morgan fingerprint density at radius 3 is 2.62 bits per heavy atom. The van der Waals surface area contributed by atoms with Gasteiger partial charge in [-0.15, -0.1) is 0 Å². The monoisotopic (exact) mass is 529 g/mol. The number of aliphatic carboxylic acids is 1. The van der Waals surface area contributed by atoms with Crippen molar-refractivity contribution >= 4 is 26.9 Å². The Hall–Kier alpha value is -3.57. The second kappa shape index (κ2) is 10.1. The minimum atomic E-state index is -3.91. The van der Waals surface area contributed by atoms with Crippen molar-refractivity contribution in [3.05, 3.63) is 77.8 Å². The van der Waals surface area contributed by atoms with E-state index in [9.17, 15) is 27.1 Å². The Kier molecular flexibility index (Phi) is 6.82. The Labute approximate surface area is 212 Å². The molecule has 1 aliphatic heterocycles. The van der Waals surface area contributed by atoms with E-state index in [-0.39, 0.29) is 36.1 Å². The van der Waals surface area contributed by atoms with E-state index in [1.54, 1.807) is 4.68 Å². The van der Waals surface area contributed by atoms with Crippen LogP contribution in [0.3, 0.4) is 0 Å². The SMILES string of the molecule is O=C(O)Cc1nn([C@H]2CN(S(=O)(=O)c3ccc(OCF)cc3)C[C@H]2CC2=CCC=C2)c2cc(F)ccc12. The van der Waals surface area contributed by atoms with E-state index in [0.717, 1.165) is 12.0 Å². The number of aromatic nitrogens is 2. The van der Waals surface area contributed by atoms with Crippen LogP contribution in [0.15, 0.2) is 71.2 Å². The summed E-state index contributed by atoms with van der Waals surface area (Å²) in [6, 6.07) is 9.15. The van der Waals surface area contributed by atoms with Crippen LogP contribution in [0.5, 0.6) is 5.75 Å². The molecule has 11 heteroatoms. The number of hydrogen-bond acceptors (Lipinski definition) is 5. The minimum absolute atomic E-state index is 0.0426. The number of carbonyl (C=O) groups is 1. The lowest BCUT2D eigenvalue weighted by atomic mass is 9.95. The average Bonchev–Trinajstić information content (AvgIpc) is 3.59. The highest BCUT2D eigenvalue weighted by Crippen LogP contribution is 2.39. The first-order valence-electron chi connectivity index (χ1n) is 11.8. The second-order valence-corrected chi connectivity index (χ2v) is 11.1. The molecule has 0 spiro atoms. The van der Waals surface area contributed by atoms with Crippen LogP contribution in [0, 0.1) is 11.7 Å². The Morgan fingerprint density at radius 1 is 1.16 bits per heavy atom. The molecule has 1 saturated heterocycles. The number of alkyl halides is 1. The van der Waals surface area contributed by atoms with Gasteiger partial charge < -0.3 is 9.84 Å². The third kappa shape index (κ3) is 5.01. The van der Waals surface area contributed by atoms with Crippen LogP contribution >= 0.6 is 0 Å². The molecule has 8 nitrogen and oxygen atoms in total. The number of carboxylic acids is 1. The van der Waals surface area contributed by atoms with E-state index in [4.69, 9.17) is 4.74 Å². The summed E-state index contributed by atoms with van der Waals surface area (Å²) in [6.45, 7) is -0.744. The molecular weight excluding hydrogens is 504 g/mol. The summed E-state index contributed by atoms with van der Waals surface area (Å²) in [5.74, 6) is -1.53. The standard InChI is InChI=1S/C26H25F2N3O5S/c27-16-36-20-6-8-21(9-7-20)37(34,35)30-14-18(11-17-3-1-2-4-17)25(15-30)31-24-12-19(28)5-10-22(24)23(29-31)13-26(32)33/h1,3-10,12,18,25H,2,11,13-16H2,(H,32,33)/t18-,25+/m1/s1. The van der Waals surface area contributed by atoms with Gasteiger partial charge in [-0.3, -0.25) is 9.48 Å². The van der Waals surface area contributed by atoms with Gasteiger partial charge in [-0.25, -0.2) is 17.2 Å². The van der Waals surface area contributed by atoms with Gasteiger partial charge in [-0.1, -0.05) is 23.8 Å². The summed E-state index contributed by atoms with van der Waals surface area (Å²) in [6.07, 6.45) is 7.17. The van der Waals surface area contributed by atoms with Crippen molar-refractivity contribution in [3.63, 3.8) is 0 Å². The molecule has 2 aromatic carbocycles. The van der Waals surface area contributed by atoms with Crippen LogP contribution in [-0.2, 0) is 21.2 Å². The number of hydrogen-bond donors (Lipinski definition) is 1. The van der Waals surface area contributed by atoms with E-state index in [0.29, 0.717) is 23.0 Å². The molecule has 1 aliphatic carbocycles. The van der Waals surface area contributed by atoms with Gasteiger partial charge in [-0.05, 0) is 55.3 Å². The van der Waals surface area contributed by atoms with Crippen LogP contribution in [0.2, 0.25) is 0 Å². The first-order chi connectivity index (χ1) is 17.8. The number of ether oxygens (including phenoxy) is 1. The zero-order valence-electron chi connectivity index (χ0n) is 19.8. The number of carboxylic acid groups (broad SMARTS) is 1. The fraction of sp³-hybridized carbons (Fsp3) is 0.308. The van der Waals surface area contributed by atoms with Crippen molar-refractivity contribution in [1.82, 2.24) is 14.1 Å². The fourth-order valence-electron chi connectivity index (χ4n) is 5.07. The molecule has 2 atom stereocenters. The molecule has 1 N–H and O–H groups in total. The molecule has 194 valence electrons. The Morgan fingerprint density at radius 2 is 1.95 bits per heavy atom. The van der Waals surface area contributed by atoms with Crippen LogP contribution < -0.4 is 4.74 Å². The van der Waals surface area contributed by atoms with Gasteiger partial charge in [0.1, 0.15) is 11.6 Å². The van der Waals surface area contributed by atoms with Crippen LogP contribution in [0.1, 0.15) is 24.6 Å². The second-order valence-electron chi connectivity index (χ2n) is 9.12. The molecular formula is C26H25F2N3O5S. The van der Waals surface area contributed by atoms with Gasteiger partial charge in [0.05, 0.1) is 28.6 Å². The van der Waals surface area contributed by atoms with Crippen molar-refractivity contribution < 1.29 is 31.8 Å². The van der Waals surface area contributed by atoms with E-state index < -0.39 is 34.7 Å². The molecule has 2 heterocycles. The maximum atomic E-state index is 14.3. The summed E-state index contributed by atoms with van der Waals surface area (Å²) in [5, 5.41) is 14.4. The first-order valence-corrected chi connectivity index (χ1v) is 13.2. The number of fused-ring (bicyclic) bond motifs is 1. The average molecular weight is 530 g/mol. The zero-order valence-corrected chi connectivity index (χ0v) is 20.6. The van der Waals surface area contributed by atoms with E-state index >= 15 is 0 Å². The molecule has 3 aromatic rings. The zero-order chi connectivity index (χ0) is 26.2. The lowest BCUT2D eigenvalue weighted by Crippen LogP contribution is -2.29. The quantitative estimate of drug-likeness (QED) is 0.445. The number of sulfonamides is 1. The number of benzene rings is 2. The number of halogens is 2. The molecule has 5 rings (SSSR count). The van der Waals surface area contributed by atoms with Gasteiger partial charge in [0, 0.05) is 24.4 Å². The van der Waals surface area contributed by atoms with Gasteiger partial charge >= 0.3 is 5.97 Å². The number of nitrogens with zero attached hydrogens (tertiary/aromatic N) is 3. The van der Waals surface area contributed by atoms with E-state index in [1.807, 2.05) is 12.2 Å². The third-order valence-electron chi connectivity index (χ3n) is 6.78. The molecule has 0 unspecified atom stereocenters. The molecule has 1 aromatic heterocycles. The maximum absolute atomic E-state index is 14.3. The summed E-state index contributed by atoms with van der Waals surface area (Å²) >= 11 is 0. The van der Waals surface area contributed by atoms with Crippen LogP contribution in [-0.4, -0.2) is 53.5 Å². The topological polar surface area (TPSA) is 102 Å². The van der Waals surface area contributed by atoms with E-state index in [2.05, 4.69) is 11.2 Å². The summed E-state index contributed by atoms with van der Waals surface area (Å²) < 4.78 is 61.5. The van der Waals surface area contributed by atoms with Crippen LogP contribution in [0.4, 0.5) is 8.78 Å². The molecule has 0 bridgehead atoms. The van der Waals surface area contributed by atoms with Gasteiger partial charge in [0.15, 0.2) is 0 Å². The van der Waals surface area contributed by atoms with Crippen LogP contribution in [0.25, 0.3) is 10.9 Å². The summed E-state index contributed by atoms with van der Waals surface area (Å²) in [4.78, 5) is 11.5. The lowest BCUT2D eigenvalue weighted by molar-refractivity contribution is -0.136. The summed E-state index contributed by atoms with van der Waals surface area (Å²) in [5.41, 5.74) is 1.80. The highest BCUT2D eigenvalue weighted by Gasteiger charge is 2.41. The molecule has 0 radical (unpaired) electrons. The normalized spacial score (nSPS) is 20.0. The largest absolute Gasteiger partial charge is 0.481 e. The fourth-order valence-corrected chi connectivity index (χ4v) is 6.59. The Balaban J connectivity index is 1.53. The molecule has 37 heavy (non-hydrogen) atoms. The highest BCUT2D eigenvalue weighted by molar-refractivity contribution is 7.89. The van der Waals surface area contributed by atoms with Crippen molar-refractivity contribution in [2.45, 2.75) is 30.2 Å². The maximum Gasteiger partial charge on any atom is 0.309 e. The van der Waals surface area contributed by atoms with Crippen molar-refractivity contribution in [3.8, 4) is 5.75 Å². The minimum Gasteiger partial charge on any atom is -0.481 e. The molecule has 1 fully saturated rings. The van der Waals surface area contributed by atoms with Gasteiger partial charge in [0.25, 0.3) is 0 Å². The van der Waals surface area contributed by atoms with Gasteiger partial charge in [-0.2, -0.15) is 9.40 Å². The van der Waals surface area contributed by atoms with Crippen molar-refractivity contribution in [1.29, 1.82) is 0 Å². The first kappa shape index (κ1) is 25.1. The third-order valence-corrected chi connectivity index (χ3v) is 8.63. The number of allylic oxidation sites excluding steroid dienone is 4. The highest BCUT2D eigenvalue weighted by atomic mass is 32.2. The van der Waals surface area contributed by atoms with E-state index in [1.165, 1.54) is 46.8 Å². The molecule has 0 amide bonds. The van der Waals surface area contributed by atoms with Gasteiger partial charge in [0.2, 0.25) is 16.9 Å². The number of rotatable bonds is 9. The van der Waals surface area contributed by atoms with Crippen molar-refractivity contribution in [2.75, 3.05) is 20.0 Å². The van der Waals surface area contributed by atoms with Crippen molar-refractivity contribution in [2.24, 2.45) is 5.92 Å². The summed E-state index contributed by atoms with van der Waals surface area (Å²) in [7, 11) is -3.91. The molecule has 2 aliphatic rings. The predicted molar refractivity (Wildman–Crippen MR) is 132 cm³/mol. The lowest BCUT2D eigenvalue weighted by Gasteiger charge is -2.20.